The van der Waals surface area contributed by atoms with Crippen LogP contribution in [-0.4, -0.2) is 16.0 Å². The minimum Gasteiger partial charge on any atom is -0.454 e. The number of hydrogen-bond donors (Lipinski definition) is 0. The largest absolute Gasteiger partial charge is 0.454 e. The molecular formula is C28H19BrFN3O. The maximum atomic E-state index is 14.3. The lowest BCUT2D eigenvalue weighted by atomic mass is 10.1. The second-order valence-electron chi connectivity index (χ2n) is 7.51. The number of halogens is 2. The SMILES string of the molecule is Fc1ccc(C=Nc2cc(-c3ccc(Br)cc3)nn2-c2ccccc2)cc1Oc1ccccc1. The van der Waals surface area contributed by atoms with Crippen molar-refractivity contribution in [2.45, 2.75) is 0 Å². The van der Waals surface area contributed by atoms with Gasteiger partial charge in [0.25, 0.3) is 0 Å². The van der Waals surface area contributed by atoms with Crippen molar-refractivity contribution in [1.82, 2.24) is 9.78 Å². The fourth-order valence-electron chi connectivity index (χ4n) is 3.42. The zero-order valence-electron chi connectivity index (χ0n) is 18.0. The number of aliphatic imine (C=N–C) groups is 1. The van der Waals surface area contributed by atoms with E-state index in [1.807, 2.05) is 78.9 Å². The lowest BCUT2D eigenvalue weighted by molar-refractivity contribution is 0.442. The van der Waals surface area contributed by atoms with Crippen molar-refractivity contribution in [3.63, 3.8) is 0 Å². The van der Waals surface area contributed by atoms with Crippen LogP contribution in [0.3, 0.4) is 0 Å². The van der Waals surface area contributed by atoms with Gasteiger partial charge >= 0.3 is 0 Å². The smallest absolute Gasteiger partial charge is 0.165 e. The second kappa shape index (κ2) is 9.85. The van der Waals surface area contributed by atoms with E-state index in [0.717, 1.165) is 21.4 Å². The minimum atomic E-state index is -0.437. The van der Waals surface area contributed by atoms with Crippen LogP contribution in [0.5, 0.6) is 11.5 Å². The van der Waals surface area contributed by atoms with E-state index >= 15 is 0 Å². The third-order valence-corrected chi connectivity index (χ3v) is 5.63. The molecule has 5 aromatic rings. The average molecular weight is 512 g/mol. The fourth-order valence-corrected chi connectivity index (χ4v) is 3.68. The van der Waals surface area contributed by atoms with Gasteiger partial charge in [-0.15, -0.1) is 0 Å². The molecule has 1 aromatic heterocycles. The van der Waals surface area contributed by atoms with Crippen LogP contribution in [-0.2, 0) is 0 Å². The molecule has 1 heterocycles. The Morgan fingerprint density at radius 2 is 1.53 bits per heavy atom. The van der Waals surface area contributed by atoms with Gasteiger partial charge in [-0.1, -0.05) is 70.5 Å². The van der Waals surface area contributed by atoms with E-state index in [-0.39, 0.29) is 5.75 Å². The molecule has 5 rings (SSSR count). The highest BCUT2D eigenvalue weighted by Crippen LogP contribution is 2.29. The molecule has 0 amide bonds. The molecule has 166 valence electrons. The Kier molecular flexibility index (Phi) is 6.31. The van der Waals surface area contributed by atoms with Crippen molar-refractivity contribution < 1.29 is 9.13 Å². The van der Waals surface area contributed by atoms with Crippen LogP contribution in [0.25, 0.3) is 16.9 Å². The lowest BCUT2D eigenvalue weighted by Gasteiger charge is -2.07. The van der Waals surface area contributed by atoms with E-state index in [2.05, 4.69) is 20.9 Å². The predicted molar refractivity (Wildman–Crippen MR) is 137 cm³/mol. The highest BCUT2D eigenvalue weighted by Gasteiger charge is 2.11. The maximum absolute atomic E-state index is 14.3. The van der Waals surface area contributed by atoms with Crippen LogP contribution in [0.4, 0.5) is 10.2 Å². The first-order valence-electron chi connectivity index (χ1n) is 10.6. The molecule has 0 aliphatic rings. The summed E-state index contributed by atoms with van der Waals surface area (Å²) >= 11 is 3.47. The molecule has 6 heteroatoms. The zero-order chi connectivity index (χ0) is 23.3. The van der Waals surface area contributed by atoms with E-state index in [1.54, 1.807) is 35.2 Å². The van der Waals surface area contributed by atoms with Crippen LogP contribution in [0.1, 0.15) is 5.56 Å². The van der Waals surface area contributed by atoms with Gasteiger partial charge in [0.05, 0.1) is 11.4 Å². The van der Waals surface area contributed by atoms with E-state index in [4.69, 9.17) is 9.84 Å². The number of aromatic nitrogens is 2. The van der Waals surface area contributed by atoms with Crippen molar-refractivity contribution in [2.75, 3.05) is 0 Å². The van der Waals surface area contributed by atoms with Gasteiger partial charge in [0.2, 0.25) is 0 Å². The molecule has 0 bridgehead atoms. The molecule has 0 saturated carbocycles. The number of benzene rings is 4. The second-order valence-corrected chi connectivity index (χ2v) is 8.42. The molecule has 0 saturated heterocycles. The third kappa shape index (κ3) is 4.97. The first-order chi connectivity index (χ1) is 16.7. The third-order valence-electron chi connectivity index (χ3n) is 5.10. The van der Waals surface area contributed by atoms with Gasteiger partial charge in [0, 0.05) is 22.3 Å². The summed E-state index contributed by atoms with van der Waals surface area (Å²) in [7, 11) is 0. The Hall–Kier alpha value is -4.03. The topological polar surface area (TPSA) is 39.4 Å². The molecule has 0 N–H and O–H groups in total. The van der Waals surface area contributed by atoms with Gasteiger partial charge in [-0.25, -0.2) is 14.1 Å². The van der Waals surface area contributed by atoms with Crippen LogP contribution >= 0.6 is 15.9 Å². The molecule has 0 unspecified atom stereocenters. The Morgan fingerprint density at radius 1 is 0.824 bits per heavy atom. The van der Waals surface area contributed by atoms with Gasteiger partial charge in [-0.2, -0.15) is 5.10 Å². The molecule has 0 fully saturated rings. The molecule has 0 atom stereocenters. The molecule has 0 aliphatic heterocycles. The Labute approximate surface area is 205 Å². The normalized spacial score (nSPS) is 11.1. The summed E-state index contributed by atoms with van der Waals surface area (Å²) in [6, 6.07) is 33.5. The molecule has 0 aliphatic carbocycles. The van der Waals surface area contributed by atoms with Crippen molar-refractivity contribution in [3.05, 3.63) is 125 Å². The first-order valence-corrected chi connectivity index (χ1v) is 11.4. The monoisotopic (exact) mass is 511 g/mol. The Morgan fingerprint density at radius 3 is 2.26 bits per heavy atom. The molecule has 34 heavy (non-hydrogen) atoms. The van der Waals surface area contributed by atoms with Crippen LogP contribution in [0.15, 0.2) is 119 Å². The van der Waals surface area contributed by atoms with Crippen molar-refractivity contribution in [2.24, 2.45) is 4.99 Å². The number of nitrogens with zero attached hydrogens (tertiary/aromatic N) is 3. The highest BCUT2D eigenvalue weighted by molar-refractivity contribution is 9.10. The summed E-state index contributed by atoms with van der Waals surface area (Å²) in [6.45, 7) is 0. The standard InChI is InChI=1S/C28H19BrFN3O/c29-22-14-12-21(13-15-22)26-18-28(33(32-26)23-7-3-1-4-8-23)31-19-20-11-16-25(30)27(17-20)34-24-9-5-2-6-10-24/h1-19H. The highest BCUT2D eigenvalue weighted by atomic mass is 79.9. The lowest BCUT2D eigenvalue weighted by Crippen LogP contribution is -1.96. The first kappa shape index (κ1) is 21.8. The molecule has 0 spiro atoms. The maximum Gasteiger partial charge on any atom is 0.165 e. The summed E-state index contributed by atoms with van der Waals surface area (Å²) in [4.78, 5) is 4.68. The summed E-state index contributed by atoms with van der Waals surface area (Å²) in [6.07, 6.45) is 1.68. The minimum absolute atomic E-state index is 0.141. The van der Waals surface area contributed by atoms with Crippen LogP contribution < -0.4 is 4.74 Å². The molecular weight excluding hydrogens is 493 g/mol. The van der Waals surface area contributed by atoms with Gasteiger partial charge < -0.3 is 4.74 Å². The number of hydrogen-bond acceptors (Lipinski definition) is 3. The van der Waals surface area contributed by atoms with Gasteiger partial charge in [-0.05, 0) is 54.1 Å². The van der Waals surface area contributed by atoms with Crippen molar-refractivity contribution in [3.8, 4) is 28.4 Å². The Balaban J connectivity index is 1.49. The van der Waals surface area contributed by atoms with Gasteiger partial charge in [0.15, 0.2) is 17.4 Å². The number of rotatable bonds is 6. The summed E-state index contributed by atoms with van der Waals surface area (Å²) < 4.78 is 22.8. The van der Waals surface area contributed by atoms with Crippen molar-refractivity contribution in [1.29, 1.82) is 0 Å². The van der Waals surface area contributed by atoms with Crippen LogP contribution in [0, 0.1) is 5.82 Å². The fraction of sp³-hybridized carbons (Fsp3) is 0. The van der Waals surface area contributed by atoms with Gasteiger partial charge in [0.1, 0.15) is 5.75 Å². The van der Waals surface area contributed by atoms with E-state index in [0.29, 0.717) is 17.1 Å². The summed E-state index contributed by atoms with van der Waals surface area (Å²) in [5.74, 6) is 0.922. The van der Waals surface area contributed by atoms with Gasteiger partial charge in [-0.3, -0.25) is 0 Å². The molecule has 4 nitrogen and oxygen atoms in total. The molecule has 4 aromatic carbocycles. The van der Waals surface area contributed by atoms with Crippen LogP contribution in [0.2, 0.25) is 0 Å². The molecule has 0 radical (unpaired) electrons. The quantitative estimate of drug-likeness (QED) is 0.217. The Bertz CT molecular complexity index is 1430. The predicted octanol–water partition coefficient (Wildman–Crippen LogP) is 7.98. The van der Waals surface area contributed by atoms with Crippen molar-refractivity contribution >= 4 is 28.0 Å². The zero-order valence-corrected chi connectivity index (χ0v) is 19.6. The van der Waals surface area contributed by atoms with E-state index in [9.17, 15) is 4.39 Å². The number of para-hydroxylation sites is 2. The average Bonchev–Trinajstić information content (AvgIpc) is 3.30. The number of ether oxygens (including phenoxy) is 1. The summed E-state index contributed by atoms with van der Waals surface area (Å²) in [5.41, 5.74) is 3.38. The van der Waals surface area contributed by atoms with E-state index in [1.165, 1.54) is 6.07 Å². The summed E-state index contributed by atoms with van der Waals surface area (Å²) in [5, 5.41) is 4.78. The van der Waals surface area contributed by atoms with E-state index < -0.39 is 5.82 Å².